The van der Waals surface area contributed by atoms with E-state index >= 15 is 0 Å². The molecule has 2 rings (SSSR count). The highest BCUT2D eigenvalue weighted by atomic mass is 16.5. The molecule has 0 saturated carbocycles. The Morgan fingerprint density at radius 2 is 1.84 bits per heavy atom. The fourth-order valence-corrected chi connectivity index (χ4v) is 2.06. The van der Waals surface area contributed by atoms with Crippen LogP contribution in [0.1, 0.15) is 36.8 Å². The molecule has 0 bridgehead atoms. The Morgan fingerprint density at radius 1 is 1.16 bits per heavy atom. The van der Waals surface area contributed by atoms with E-state index in [2.05, 4.69) is 4.98 Å². The molecule has 2 aromatic rings. The number of Topliss-reactive ketones (excluding diaryl/α,β-unsaturated/α-hetero) is 1. The Hall–Kier alpha value is -1.90. The maximum atomic E-state index is 12.5. The van der Waals surface area contributed by atoms with Crippen LogP contribution < -0.4 is 4.74 Å². The molecule has 0 radical (unpaired) electrons. The second kappa shape index (κ2) is 4.65. The van der Waals surface area contributed by atoms with Gasteiger partial charge in [-0.15, -0.1) is 0 Å². The minimum Gasteiger partial charge on any atom is -0.494 e. The number of fused-ring (bicyclic) bond motifs is 1. The molecule has 1 aromatic heterocycles. The van der Waals surface area contributed by atoms with E-state index in [0.29, 0.717) is 11.3 Å². The fraction of sp³-hybridized carbons (Fsp3) is 0.375. The number of benzene rings is 1. The lowest BCUT2D eigenvalue weighted by Gasteiger charge is -2.18. The number of pyridine rings is 1. The van der Waals surface area contributed by atoms with Gasteiger partial charge in [-0.3, -0.25) is 4.79 Å². The number of aryl methyl sites for hydroxylation is 1. The highest BCUT2D eigenvalue weighted by molar-refractivity contribution is 6.10. The summed E-state index contributed by atoms with van der Waals surface area (Å²) in [4.78, 5) is 17.0. The lowest BCUT2D eigenvalue weighted by atomic mass is 9.85. The van der Waals surface area contributed by atoms with E-state index in [1.165, 1.54) is 0 Å². The third-order valence-electron chi connectivity index (χ3n) is 3.11. The van der Waals surface area contributed by atoms with E-state index in [1.54, 1.807) is 7.11 Å². The van der Waals surface area contributed by atoms with Crippen LogP contribution in [-0.4, -0.2) is 17.9 Å². The van der Waals surface area contributed by atoms with Crippen molar-refractivity contribution in [3.05, 3.63) is 35.5 Å². The molecule has 0 amide bonds. The van der Waals surface area contributed by atoms with E-state index in [9.17, 15) is 4.79 Å². The molecule has 0 atom stereocenters. The van der Waals surface area contributed by atoms with Crippen LogP contribution in [0, 0.1) is 12.3 Å². The third kappa shape index (κ3) is 2.46. The largest absolute Gasteiger partial charge is 0.494 e. The van der Waals surface area contributed by atoms with Gasteiger partial charge in [-0.25, -0.2) is 4.98 Å². The summed E-state index contributed by atoms with van der Waals surface area (Å²) in [6.45, 7) is 7.70. The first-order valence-electron chi connectivity index (χ1n) is 6.34. The van der Waals surface area contributed by atoms with Crippen LogP contribution in [-0.2, 0) is 0 Å². The van der Waals surface area contributed by atoms with Gasteiger partial charge in [0.25, 0.3) is 0 Å². The topological polar surface area (TPSA) is 39.2 Å². The highest BCUT2D eigenvalue weighted by Crippen LogP contribution is 2.31. The second-order valence-corrected chi connectivity index (χ2v) is 5.74. The molecule has 3 nitrogen and oxygen atoms in total. The predicted octanol–water partition coefficient (Wildman–Crippen LogP) is 3.78. The van der Waals surface area contributed by atoms with Gasteiger partial charge in [0.1, 0.15) is 11.3 Å². The molecule has 0 saturated heterocycles. The maximum absolute atomic E-state index is 12.5. The molecule has 0 aliphatic carbocycles. The van der Waals surface area contributed by atoms with Gasteiger partial charge >= 0.3 is 0 Å². The third-order valence-corrected chi connectivity index (χ3v) is 3.11. The van der Waals surface area contributed by atoms with Crippen LogP contribution >= 0.6 is 0 Å². The van der Waals surface area contributed by atoms with Crippen LogP contribution in [0.5, 0.6) is 5.75 Å². The van der Waals surface area contributed by atoms with Crippen molar-refractivity contribution in [2.45, 2.75) is 27.7 Å². The average molecular weight is 257 g/mol. The zero-order chi connectivity index (χ0) is 14.2. The second-order valence-electron chi connectivity index (χ2n) is 5.74. The van der Waals surface area contributed by atoms with E-state index in [1.807, 2.05) is 52.0 Å². The lowest BCUT2D eigenvalue weighted by Crippen LogP contribution is -2.20. The van der Waals surface area contributed by atoms with Gasteiger partial charge in [-0.1, -0.05) is 26.8 Å². The zero-order valence-corrected chi connectivity index (χ0v) is 12.1. The van der Waals surface area contributed by atoms with Crippen molar-refractivity contribution >= 4 is 16.7 Å². The summed E-state index contributed by atoms with van der Waals surface area (Å²) in [5.41, 5.74) is 1.95. The number of carbonyl (C=O) groups excluding carboxylic acids is 1. The Morgan fingerprint density at radius 3 is 2.42 bits per heavy atom. The van der Waals surface area contributed by atoms with Gasteiger partial charge in [0.05, 0.1) is 7.11 Å². The Balaban J connectivity index is 2.75. The quantitative estimate of drug-likeness (QED) is 0.768. The molecule has 0 unspecified atom stereocenters. The molecule has 1 aromatic carbocycles. The van der Waals surface area contributed by atoms with Crippen molar-refractivity contribution in [3.63, 3.8) is 0 Å². The van der Waals surface area contributed by atoms with Crippen molar-refractivity contribution in [1.82, 2.24) is 4.98 Å². The number of ketones is 1. The SMILES string of the molecule is COc1ccc(C(=O)C(C)(C)C)c2ccc(C)nc12. The minimum atomic E-state index is -0.410. The Bertz CT molecular complexity index is 639. The average Bonchev–Trinajstić information content (AvgIpc) is 2.35. The Kier molecular flexibility index (Phi) is 3.31. The van der Waals surface area contributed by atoms with Crippen LogP contribution in [0.25, 0.3) is 10.9 Å². The molecule has 100 valence electrons. The molecular formula is C16H19NO2. The van der Waals surface area contributed by atoms with Gasteiger partial charge in [0.2, 0.25) is 0 Å². The molecule has 1 heterocycles. The number of hydrogen-bond acceptors (Lipinski definition) is 3. The molecule has 0 spiro atoms. The van der Waals surface area contributed by atoms with E-state index in [4.69, 9.17) is 4.74 Å². The standard InChI is InChI=1S/C16H19NO2/c1-10-6-7-11-12(15(18)16(2,3)4)8-9-13(19-5)14(11)17-10/h6-9H,1-5H3. The molecule has 0 fully saturated rings. The van der Waals surface area contributed by atoms with Gasteiger partial charge in [0, 0.05) is 22.1 Å². The van der Waals surface area contributed by atoms with Gasteiger partial charge in [0.15, 0.2) is 5.78 Å². The highest BCUT2D eigenvalue weighted by Gasteiger charge is 2.25. The van der Waals surface area contributed by atoms with Crippen LogP contribution in [0.2, 0.25) is 0 Å². The zero-order valence-electron chi connectivity index (χ0n) is 12.1. The summed E-state index contributed by atoms with van der Waals surface area (Å²) in [5, 5.41) is 0.852. The fourth-order valence-electron chi connectivity index (χ4n) is 2.06. The van der Waals surface area contributed by atoms with Crippen LogP contribution in [0.15, 0.2) is 24.3 Å². The van der Waals surface area contributed by atoms with Crippen molar-refractivity contribution in [2.24, 2.45) is 5.41 Å². The van der Waals surface area contributed by atoms with Crippen LogP contribution in [0.3, 0.4) is 0 Å². The summed E-state index contributed by atoms with van der Waals surface area (Å²) in [6.07, 6.45) is 0. The molecular weight excluding hydrogens is 238 g/mol. The monoisotopic (exact) mass is 257 g/mol. The molecule has 0 aliphatic heterocycles. The van der Waals surface area contributed by atoms with E-state index in [0.717, 1.165) is 16.6 Å². The number of carbonyl (C=O) groups is 1. The normalized spacial score (nSPS) is 11.6. The summed E-state index contributed by atoms with van der Waals surface area (Å²) >= 11 is 0. The number of hydrogen-bond donors (Lipinski definition) is 0. The first kappa shape index (κ1) is 13.5. The molecule has 0 aliphatic rings. The summed E-state index contributed by atoms with van der Waals surface area (Å²) in [7, 11) is 1.62. The van der Waals surface area contributed by atoms with E-state index < -0.39 is 5.41 Å². The number of methoxy groups -OCH3 is 1. The molecule has 19 heavy (non-hydrogen) atoms. The Labute approximate surface area is 113 Å². The van der Waals surface area contributed by atoms with Gasteiger partial charge in [-0.05, 0) is 25.1 Å². The summed E-state index contributed by atoms with van der Waals surface area (Å²) in [5.74, 6) is 0.815. The van der Waals surface area contributed by atoms with Gasteiger partial charge < -0.3 is 4.74 Å². The van der Waals surface area contributed by atoms with E-state index in [-0.39, 0.29) is 5.78 Å². The van der Waals surface area contributed by atoms with Crippen LogP contribution in [0.4, 0.5) is 0 Å². The van der Waals surface area contributed by atoms with Crippen molar-refractivity contribution < 1.29 is 9.53 Å². The number of rotatable bonds is 2. The van der Waals surface area contributed by atoms with Crippen molar-refractivity contribution in [2.75, 3.05) is 7.11 Å². The lowest BCUT2D eigenvalue weighted by molar-refractivity contribution is 0.0860. The predicted molar refractivity (Wildman–Crippen MR) is 76.8 cm³/mol. The maximum Gasteiger partial charge on any atom is 0.168 e. The number of nitrogens with zero attached hydrogens (tertiary/aromatic N) is 1. The smallest absolute Gasteiger partial charge is 0.168 e. The number of ether oxygens (including phenoxy) is 1. The minimum absolute atomic E-state index is 0.116. The molecule has 3 heteroatoms. The summed E-state index contributed by atoms with van der Waals surface area (Å²) in [6, 6.07) is 7.50. The number of aromatic nitrogens is 1. The first-order valence-corrected chi connectivity index (χ1v) is 6.34. The van der Waals surface area contributed by atoms with Crippen molar-refractivity contribution in [1.29, 1.82) is 0 Å². The molecule has 0 N–H and O–H groups in total. The first-order chi connectivity index (χ1) is 8.84. The van der Waals surface area contributed by atoms with Crippen molar-refractivity contribution in [3.8, 4) is 5.75 Å². The summed E-state index contributed by atoms with van der Waals surface area (Å²) < 4.78 is 5.33. The van der Waals surface area contributed by atoms with Gasteiger partial charge in [-0.2, -0.15) is 0 Å².